The van der Waals surface area contributed by atoms with E-state index >= 15 is 0 Å². The minimum Gasteiger partial charge on any atom is -0.377 e. The van der Waals surface area contributed by atoms with Crippen LogP contribution in [0.25, 0.3) is 0 Å². The molecule has 33 heavy (non-hydrogen) atoms. The number of amides is 2. The van der Waals surface area contributed by atoms with Gasteiger partial charge in [-0.05, 0) is 56.7 Å². The Morgan fingerprint density at radius 3 is 2.61 bits per heavy atom. The van der Waals surface area contributed by atoms with Crippen molar-refractivity contribution in [3.63, 3.8) is 0 Å². The van der Waals surface area contributed by atoms with Gasteiger partial charge in [0.2, 0.25) is 15.9 Å². The molecule has 2 N–H and O–H groups in total. The molecule has 3 fully saturated rings. The van der Waals surface area contributed by atoms with Crippen molar-refractivity contribution >= 4 is 21.8 Å². The zero-order valence-electron chi connectivity index (χ0n) is 19.1. The van der Waals surface area contributed by atoms with Crippen LogP contribution in [0.2, 0.25) is 0 Å². The van der Waals surface area contributed by atoms with Crippen LogP contribution in [0.4, 0.5) is 0 Å². The van der Waals surface area contributed by atoms with Gasteiger partial charge in [-0.1, -0.05) is 25.3 Å². The van der Waals surface area contributed by atoms with E-state index in [1.165, 1.54) is 18.6 Å². The Labute approximate surface area is 196 Å². The number of rotatable bonds is 7. The lowest BCUT2D eigenvalue weighted by Crippen LogP contribution is -2.48. The van der Waals surface area contributed by atoms with E-state index < -0.39 is 10.0 Å². The highest BCUT2D eigenvalue weighted by molar-refractivity contribution is 7.89. The van der Waals surface area contributed by atoms with Gasteiger partial charge in [0.15, 0.2) is 0 Å². The summed E-state index contributed by atoms with van der Waals surface area (Å²) in [7, 11) is -3.74. The van der Waals surface area contributed by atoms with Gasteiger partial charge in [-0.3, -0.25) is 9.59 Å². The molecular weight excluding hydrogens is 442 g/mol. The van der Waals surface area contributed by atoms with Crippen LogP contribution < -0.4 is 10.0 Å². The number of carbonyl (C=O) groups is 2. The first-order chi connectivity index (χ1) is 15.9. The molecule has 9 heteroatoms. The SMILES string of the molecule is O=C(NC1CCCCC1)C1CCCN(C(=O)c2cccc(S(=O)(=O)NCC3CCCO3)c2)C1. The topological polar surface area (TPSA) is 105 Å². The Kier molecular flexibility index (Phi) is 8.03. The zero-order chi connectivity index (χ0) is 23.3. The summed E-state index contributed by atoms with van der Waals surface area (Å²) in [6.45, 7) is 1.82. The van der Waals surface area contributed by atoms with Crippen molar-refractivity contribution in [2.75, 3.05) is 26.2 Å². The molecule has 8 nitrogen and oxygen atoms in total. The third kappa shape index (κ3) is 6.33. The summed E-state index contributed by atoms with van der Waals surface area (Å²) in [4.78, 5) is 27.7. The Morgan fingerprint density at radius 2 is 1.85 bits per heavy atom. The number of nitrogens with one attached hydrogen (secondary N) is 2. The first kappa shape index (κ1) is 24.2. The third-order valence-corrected chi connectivity index (χ3v) is 8.37. The Morgan fingerprint density at radius 1 is 1.03 bits per heavy atom. The number of ether oxygens (including phenoxy) is 1. The van der Waals surface area contributed by atoms with E-state index in [1.807, 2.05) is 0 Å². The number of sulfonamides is 1. The fourth-order valence-corrected chi connectivity index (χ4v) is 6.12. The molecule has 182 valence electrons. The summed E-state index contributed by atoms with van der Waals surface area (Å²) in [6, 6.07) is 6.39. The highest BCUT2D eigenvalue weighted by atomic mass is 32.2. The summed E-state index contributed by atoms with van der Waals surface area (Å²) >= 11 is 0. The quantitative estimate of drug-likeness (QED) is 0.628. The van der Waals surface area contributed by atoms with Gasteiger partial charge in [0, 0.05) is 37.8 Å². The lowest BCUT2D eigenvalue weighted by molar-refractivity contribution is -0.127. The second-order valence-electron chi connectivity index (χ2n) is 9.45. The van der Waals surface area contributed by atoms with E-state index in [1.54, 1.807) is 17.0 Å². The molecule has 2 saturated heterocycles. The molecule has 2 aliphatic heterocycles. The summed E-state index contributed by atoms with van der Waals surface area (Å²) < 4.78 is 33.5. The highest BCUT2D eigenvalue weighted by Gasteiger charge is 2.31. The first-order valence-electron chi connectivity index (χ1n) is 12.2. The minimum absolute atomic E-state index is 0.0362. The van der Waals surface area contributed by atoms with Gasteiger partial charge in [-0.25, -0.2) is 13.1 Å². The zero-order valence-corrected chi connectivity index (χ0v) is 19.9. The molecule has 0 radical (unpaired) electrons. The summed E-state index contributed by atoms with van der Waals surface area (Å²) in [6.07, 6.45) is 8.80. The van der Waals surface area contributed by atoms with Gasteiger partial charge >= 0.3 is 0 Å². The number of hydrogen-bond donors (Lipinski definition) is 2. The van der Waals surface area contributed by atoms with Crippen LogP contribution in [-0.2, 0) is 19.6 Å². The maximum atomic E-state index is 13.2. The minimum atomic E-state index is -3.74. The summed E-state index contributed by atoms with van der Waals surface area (Å²) in [5.74, 6) is -0.417. The van der Waals surface area contributed by atoms with E-state index in [9.17, 15) is 18.0 Å². The Bertz CT molecular complexity index is 939. The van der Waals surface area contributed by atoms with Crippen LogP contribution in [0.1, 0.15) is 68.1 Å². The average molecular weight is 478 g/mol. The molecule has 0 spiro atoms. The van der Waals surface area contributed by atoms with Gasteiger partial charge < -0.3 is 15.0 Å². The van der Waals surface area contributed by atoms with Crippen LogP contribution in [0, 0.1) is 5.92 Å². The monoisotopic (exact) mass is 477 g/mol. The molecule has 4 rings (SSSR count). The van der Waals surface area contributed by atoms with Crippen molar-refractivity contribution in [2.24, 2.45) is 5.92 Å². The molecule has 1 aliphatic carbocycles. The van der Waals surface area contributed by atoms with Crippen LogP contribution in [0.3, 0.4) is 0 Å². The van der Waals surface area contributed by atoms with Gasteiger partial charge in [0.25, 0.3) is 5.91 Å². The van der Waals surface area contributed by atoms with Crippen LogP contribution >= 0.6 is 0 Å². The van der Waals surface area contributed by atoms with Crippen molar-refractivity contribution in [3.05, 3.63) is 29.8 Å². The highest BCUT2D eigenvalue weighted by Crippen LogP contribution is 2.23. The van der Waals surface area contributed by atoms with E-state index in [4.69, 9.17) is 4.74 Å². The number of carbonyl (C=O) groups excluding carboxylic acids is 2. The summed E-state index contributed by atoms with van der Waals surface area (Å²) in [5.41, 5.74) is 0.323. The Balaban J connectivity index is 1.37. The van der Waals surface area contributed by atoms with E-state index in [-0.39, 0.29) is 41.3 Å². The second kappa shape index (κ2) is 11.0. The van der Waals surface area contributed by atoms with Crippen molar-refractivity contribution < 1.29 is 22.7 Å². The molecule has 1 saturated carbocycles. The predicted molar refractivity (Wildman–Crippen MR) is 124 cm³/mol. The molecule has 3 aliphatic rings. The molecule has 0 bridgehead atoms. The van der Waals surface area contributed by atoms with Gasteiger partial charge in [-0.15, -0.1) is 0 Å². The van der Waals surface area contributed by atoms with Crippen LogP contribution in [-0.4, -0.2) is 63.5 Å². The first-order valence-corrected chi connectivity index (χ1v) is 13.7. The van der Waals surface area contributed by atoms with E-state index in [0.29, 0.717) is 25.3 Å². The molecule has 0 aromatic heterocycles. The van der Waals surface area contributed by atoms with Gasteiger partial charge in [0.1, 0.15) is 0 Å². The second-order valence-corrected chi connectivity index (χ2v) is 11.2. The maximum absolute atomic E-state index is 13.2. The largest absolute Gasteiger partial charge is 0.377 e. The normalized spacial score (nSPS) is 24.5. The van der Waals surface area contributed by atoms with Gasteiger partial charge in [-0.2, -0.15) is 0 Å². The van der Waals surface area contributed by atoms with Crippen LogP contribution in [0.15, 0.2) is 29.2 Å². The molecular formula is C24H35N3O5S. The fourth-order valence-electron chi connectivity index (χ4n) is 5.01. The van der Waals surface area contributed by atoms with Crippen molar-refractivity contribution in [2.45, 2.75) is 74.8 Å². The van der Waals surface area contributed by atoms with E-state index in [0.717, 1.165) is 51.4 Å². The van der Waals surface area contributed by atoms with Crippen molar-refractivity contribution in [1.82, 2.24) is 14.9 Å². The number of likely N-dealkylation sites (tertiary alicyclic amines) is 1. The smallest absolute Gasteiger partial charge is 0.253 e. The molecule has 1 aromatic carbocycles. The average Bonchev–Trinajstić information content (AvgIpc) is 3.37. The van der Waals surface area contributed by atoms with Crippen LogP contribution in [0.5, 0.6) is 0 Å². The lowest BCUT2D eigenvalue weighted by Gasteiger charge is -2.33. The Hall–Kier alpha value is -1.97. The summed E-state index contributed by atoms with van der Waals surface area (Å²) in [5, 5.41) is 3.18. The number of nitrogens with zero attached hydrogens (tertiary/aromatic N) is 1. The third-order valence-electron chi connectivity index (χ3n) is 6.95. The number of benzene rings is 1. The molecule has 2 unspecified atom stereocenters. The number of piperidine rings is 1. The number of hydrogen-bond acceptors (Lipinski definition) is 5. The molecule has 2 heterocycles. The molecule has 2 atom stereocenters. The van der Waals surface area contributed by atoms with Crippen molar-refractivity contribution in [1.29, 1.82) is 0 Å². The van der Waals surface area contributed by atoms with Crippen molar-refractivity contribution in [3.8, 4) is 0 Å². The van der Waals surface area contributed by atoms with Gasteiger partial charge in [0.05, 0.1) is 16.9 Å². The predicted octanol–water partition coefficient (Wildman–Crippen LogP) is 2.45. The maximum Gasteiger partial charge on any atom is 0.253 e. The molecule has 2 amide bonds. The standard InChI is InChI=1S/C24H35N3O5S/c28-23(26-20-9-2-1-3-10-20)19-8-5-13-27(17-19)24(29)18-7-4-12-22(15-18)33(30,31)25-16-21-11-6-14-32-21/h4,7,12,15,19-21,25H,1-3,5-6,8-11,13-14,16-17H2,(H,26,28). The fraction of sp³-hybridized carbons (Fsp3) is 0.667. The van der Waals surface area contributed by atoms with E-state index in [2.05, 4.69) is 10.0 Å². The lowest BCUT2D eigenvalue weighted by atomic mass is 9.93. The molecule has 1 aromatic rings.